The molecule has 0 aliphatic rings. The zero-order chi connectivity index (χ0) is 29.2. The SMILES string of the molecule is C=Cc1c(Nc2ccc(N(CCC#N)CCOc3ccc(OC)cc3)cc2)cc(NC(=O)c2ccco2)c(O)c1Cl. The topological polar surface area (TPSA) is 120 Å². The molecule has 1 heterocycles. The fourth-order valence-electron chi connectivity index (χ4n) is 4.06. The summed E-state index contributed by atoms with van der Waals surface area (Å²) in [5, 5.41) is 25.7. The molecule has 0 atom stereocenters. The van der Waals surface area contributed by atoms with Gasteiger partial charge in [0.25, 0.3) is 5.91 Å². The Labute approximate surface area is 243 Å². The third-order valence-electron chi connectivity index (χ3n) is 6.17. The number of carbonyl (C=O) groups excluding carboxylic acids is 1. The van der Waals surface area contributed by atoms with Crippen molar-refractivity contribution >= 4 is 46.3 Å². The van der Waals surface area contributed by atoms with Crippen molar-refractivity contribution in [3.63, 3.8) is 0 Å². The third-order valence-corrected chi connectivity index (χ3v) is 6.55. The fourth-order valence-corrected chi connectivity index (χ4v) is 4.34. The molecule has 0 saturated heterocycles. The van der Waals surface area contributed by atoms with Gasteiger partial charge in [-0.25, -0.2) is 0 Å². The third kappa shape index (κ3) is 7.32. The Morgan fingerprint density at radius 2 is 1.85 bits per heavy atom. The highest BCUT2D eigenvalue weighted by Crippen LogP contribution is 2.41. The number of amides is 1. The van der Waals surface area contributed by atoms with Gasteiger partial charge in [-0.1, -0.05) is 24.3 Å². The molecule has 10 heteroatoms. The smallest absolute Gasteiger partial charge is 0.291 e. The number of carbonyl (C=O) groups is 1. The maximum absolute atomic E-state index is 12.5. The summed E-state index contributed by atoms with van der Waals surface area (Å²) in [4.78, 5) is 14.6. The number of phenolic OH excluding ortho intramolecular Hbond substituents is 1. The van der Waals surface area contributed by atoms with Gasteiger partial charge in [0, 0.05) is 29.2 Å². The molecule has 0 fully saturated rings. The number of phenols is 1. The van der Waals surface area contributed by atoms with E-state index in [1.54, 1.807) is 19.2 Å². The van der Waals surface area contributed by atoms with Gasteiger partial charge in [-0.05, 0) is 66.7 Å². The van der Waals surface area contributed by atoms with Crippen molar-refractivity contribution in [2.45, 2.75) is 6.42 Å². The molecule has 9 nitrogen and oxygen atoms in total. The van der Waals surface area contributed by atoms with E-state index >= 15 is 0 Å². The quantitative estimate of drug-likeness (QED) is 0.115. The van der Waals surface area contributed by atoms with Crippen LogP contribution in [0.5, 0.6) is 17.2 Å². The van der Waals surface area contributed by atoms with Gasteiger partial charge in [-0.15, -0.1) is 0 Å². The minimum Gasteiger partial charge on any atom is -0.504 e. The predicted molar refractivity (Wildman–Crippen MR) is 161 cm³/mol. The molecule has 0 aliphatic heterocycles. The van der Waals surface area contributed by atoms with Crippen LogP contribution in [0.4, 0.5) is 22.7 Å². The summed E-state index contributed by atoms with van der Waals surface area (Å²) in [6.45, 7) is 5.35. The van der Waals surface area contributed by atoms with E-state index in [4.69, 9.17) is 30.8 Å². The van der Waals surface area contributed by atoms with Crippen molar-refractivity contribution in [1.82, 2.24) is 0 Å². The van der Waals surface area contributed by atoms with E-state index in [1.165, 1.54) is 18.4 Å². The number of hydrogen-bond donors (Lipinski definition) is 3. The molecule has 41 heavy (non-hydrogen) atoms. The summed E-state index contributed by atoms with van der Waals surface area (Å²) in [7, 11) is 1.61. The van der Waals surface area contributed by atoms with E-state index in [2.05, 4.69) is 28.2 Å². The van der Waals surface area contributed by atoms with Crippen LogP contribution in [0, 0.1) is 11.3 Å². The molecule has 0 spiro atoms. The molecule has 210 valence electrons. The molecule has 0 saturated carbocycles. The molecule has 1 amide bonds. The zero-order valence-corrected chi connectivity index (χ0v) is 23.1. The Kier molecular flexibility index (Phi) is 9.75. The first-order valence-electron chi connectivity index (χ1n) is 12.7. The molecule has 0 radical (unpaired) electrons. The van der Waals surface area contributed by atoms with Crippen molar-refractivity contribution in [2.24, 2.45) is 0 Å². The van der Waals surface area contributed by atoms with Crippen molar-refractivity contribution in [2.75, 3.05) is 42.3 Å². The van der Waals surface area contributed by atoms with Gasteiger partial charge in [-0.2, -0.15) is 5.26 Å². The number of nitrogens with zero attached hydrogens (tertiary/aromatic N) is 2. The van der Waals surface area contributed by atoms with E-state index in [-0.39, 0.29) is 22.2 Å². The van der Waals surface area contributed by atoms with Crippen LogP contribution in [0.25, 0.3) is 6.08 Å². The molecule has 4 rings (SSSR count). The van der Waals surface area contributed by atoms with Crippen molar-refractivity contribution in [3.8, 4) is 23.3 Å². The minimum atomic E-state index is -0.531. The van der Waals surface area contributed by atoms with Crippen LogP contribution in [-0.4, -0.2) is 37.8 Å². The lowest BCUT2D eigenvalue weighted by atomic mass is 10.1. The molecule has 0 aliphatic carbocycles. The van der Waals surface area contributed by atoms with Gasteiger partial charge in [0.1, 0.15) is 18.1 Å². The summed E-state index contributed by atoms with van der Waals surface area (Å²) in [5.41, 5.74) is 2.76. The van der Waals surface area contributed by atoms with Crippen LogP contribution < -0.4 is 25.0 Å². The first-order valence-corrected chi connectivity index (χ1v) is 13.1. The average molecular weight is 573 g/mol. The largest absolute Gasteiger partial charge is 0.504 e. The lowest BCUT2D eigenvalue weighted by molar-refractivity contribution is 0.0996. The van der Waals surface area contributed by atoms with Gasteiger partial charge in [0.05, 0.1) is 43.1 Å². The second kappa shape index (κ2) is 13.8. The molecule has 4 aromatic rings. The number of methoxy groups -OCH3 is 1. The Hall–Kier alpha value is -5.07. The number of aromatic hydroxyl groups is 1. The summed E-state index contributed by atoms with van der Waals surface area (Å²) in [6.07, 6.45) is 3.27. The predicted octanol–water partition coefficient (Wildman–Crippen LogP) is 7.09. The van der Waals surface area contributed by atoms with Gasteiger partial charge < -0.3 is 34.5 Å². The Morgan fingerprint density at radius 3 is 2.49 bits per heavy atom. The van der Waals surface area contributed by atoms with Crippen LogP contribution in [0.3, 0.4) is 0 Å². The lowest BCUT2D eigenvalue weighted by Gasteiger charge is -2.24. The van der Waals surface area contributed by atoms with Gasteiger partial charge in [-0.3, -0.25) is 4.79 Å². The molecular weight excluding hydrogens is 544 g/mol. The van der Waals surface area contributed by atoms with Crippen LogP contribution in [0.2, 0.25) is 5.02 Å². The summed E-state index contributed by atoms with van der Waals surface area (Å²) < 4.78 is 16.2. The number of ether oxygens (including phenoxy) is 2. The molecule has 0 bridgehead atoms. The molecule has 3 aromatic carbocycles. The number of benzene rings is 3. The van der Waals surface area contributed by atoms with Gasteiger partial charge in [0.2, 0.25) is 0 Å². The maximum atomic E-state index is 12.5. The first kappa shape index (κ1) is 28.9. The lowest BCUT2D eigenvalue weighted by Crippen LogP contribution is -2.29. The number of furan rings is 1. The van der Waals surface area contributed by atoms with Crippen molar-refractivity contribution in [1.29, 1.82) is 5.26 Å². The summed E-state index contributed by atoms with van der Waals surface area (Å²) >= 11 is 6.41. The summed E-state index contributed by atoms with van der Waals surface area (Å²) in [5.74, 6) is 0.764. The van der Waals surface area contributed by atoms with Crippen LogP contribution in [0.1, 0.15) is 22.5 Å². The zero-order valence-electron chi connectivity index (χ0n) is 22.4. The highest BCUT2D eigenvalue weighted by atomic mass is 35.5. The number of nitriles is 1. The van der Waals surface area contributed by atoms with E-state index in [0.29, 0.717) is 37.4 Å². The summed E-state index contributed by atoms with van der Waals surface area (Å²) in [6, 6.07) is 21.9. The fraction of sp³-hybridized carbons (Fsp3) is 0.161. The van der Waals surface area contributed by atoms with E-state index in [0.717, 1.165) is 22.9 Å². The van der Waals surface area contributed by atoms with E-state index in [9.17, 15) is 9.90 Å². The normalized spacial score (nSPS) is 10.4. The second-order valence-electron chi connectivity index (χ2n) is 8.77. The van der Waals surface area contributed by atoms with Crippen molar-refractivity contribution in [3.05, 3.63) is 95.9 Å². The maximum Gasteiger partial charge on any atom is 0.291 e. The van der Waals surface area contributed by atoms with E-state index < -0.39 is 5.91 Å². The van der Waals surface area contributed by atoms with Crippen LogP contribution in [-0.2, 0) is 0 Å². The van der Waals surface area contributed by atoms with Gasteiger partial charge in [0.15, 0.2) is 11.5 Å². The minimum absolute atomic E-state index is 0.0379. The van der Waals surface area contributed by atoms with Gasteiger partial charge >= 0.3 is 0 Å². The highest BCUT2D eigenvalue weighted by Gasteiger charge is 2.18. The van der Waals surface area contributed by atoms with E-state index in [1.807, 2.05) is 48.5 Å². The Morgan fingerprint density at radius 1 is 1.12 bits per heavy atom. The monoisotopic (exact) mass is 572 g/mol. The Balaban J connectivity index is 1.47. The first-order chi connectivity index (χ1) is 19.9. The molecule has 3 N–H and O–H groups in total. The number of nitrogens with one attached hydrogen (secondary N) is 2. The molecular formula is C31H29ClN4O5. The number of hydrogen-bond acceptors (Lipinski definition) is 8. The number of halogens is 1. The number of rotatable bonds is 13. The van der Waals surface area contributed by atoms with Crippen LogP contribution in [0.15, 0.2) is 84.0 Å². The molecule has 0 unspecified atom stereocenters. The second-order valence-corrected chi connectivity index (χ2v) is 9.15. The van der Waals surface area contributed by atoms with Crippen molar-refractivity contribution < 1.29 is 23.8 Å². The highest BCUT2D eigenvalue weighted by molar-refractivity contribution is 6.34. The standard InChI is InChI=1S/C31H29ClN4O5/c1-3-25-26(20-27(30(37)29(25)32)35-31(38)28-6-4-18-41-28)34-21-7-9-22(10-8-21)36(16-5-15-33)17-19-40-24-13-11-23(39-2)12-14-24/h3-4,6-14,18,20,34,37H,1,5,16-17,19H2,2H3,(H,35,38). The Bertz CT molecular complexity index is 1510. The van der Waals surface area contributed by atoms with Crippen LogP contribution >= 0.6 is 11.6 Å². The average Bonchev–Trinajstić information content (AvgIpc) is 3.54. The molecule has 1 aromatic heterocycles. The number of anilines is 4.